The summed E-state index contributed by atoms with van der Waals surface area (Å²) in [7, 11) is 1.56. The maximum Gasteiger partial charge on any atom is 0.326 e. The molecule has 1 heterocycles. The van der Waals surface area contributed by atoms with Gasteiger partial charge in [0.25, 0.3) is 5.91 Å². The van der Waals surface area contributed by atoms with Crippen molar-refractivity contribution in [1.29, 1.82) is 0 Å². The van der Waals surface area contributed by atoms with E-state index in [2.05, 4.69) is 5.32 Å². The topological polar surface area (TPSA) is 75.6 Å². The molecule has 0 radical (unpaired) electrons. The van der Waals surface area contributed by atoms with Gasteiger partial charge in [-0.15, -0.1) is 11.3 Å². The Kier molecular flexibility index (Phi) is 6.52. The second-order valence-electron chi connectivity index (χ2n) is 4.21. The molecule has 5 nitrogen and oxygen atoms in total. The minimum atomic E-state index is -0.994. The Morgan fingerprint density at radius 2 is 2.26 bits per heavy atom. The van der Waals surface area contributed by atoms with Crippen LogP contribution < -0.4 is 5.32 Å². The lowest BCUT2D eigenvalue weighted by molar-refractivity contribution is -0.139. The highest BCUT2D eigenvalue weighted by Gasteiger charge is 2.22. The van der Waals surface area contributed by atoms with Crippen LogP contribution in [0.15, 0.2) is 11.4 Å². The highest BCUT2D eigenvalue weighted by atomic mass is 32.1. The van der Waals surface area contributed by atoms with Crippen molar-refractivity contribution in [3.05, 3.63) is 21.9 Å². The number of hydrogen-bond acceptors (Lipinski definition) is 4. The van der Waals surface area contributed by atoms with Crippen LogP contribution in [0.2, 0.25) is 0 Å². The van der Waals surface area contributed by atoms with E-state index in [1.54, 1.807) is 12.5 Å². The number of ether oxygens (including phenoxy) is 1. The first-order chi connectivity index (χ1) is 9.10. The van der Waals surface area contributed by atoms with Crippen LogP contribution in [0.5, 0.6) is 0 Å². The fraction of sp³-hybridized carbons (Fsp3) is 0.538. The van der Waals surface area contributed by atoms with E-state index >= 15 is 0 Å². The molecule has 19 heavy (non-hydrogen) atoms. The third kappa shape index (κ3) is 4.65. The summed E-state index contributed by atoms with van der Waals surface area (Å²) in [6, 6.07) is 0.982. The molecule has 1 rings (SSSR count). The summed E-state index contributed by atoms with van der Waals surface area (Å²) in [4.78, 5) is 23.7. The zero-order valence-electron chi connectivity index (χ0n) is 11.1. The lowest BCUT2D eigenvalue weighted by atomic mass is 10.1. The number of carboxylic acids is 1. The summed E-state index contributed by atoms with van der Waals surface area (Å²) < 4.78 is 5.00. The molecule has 1 amide bonds. The molecule has 0 saturated carbocycles. The molecule has 106 valence electrons. The predicted molar refractivity (Wildman–Crippen MR) is 73.4 cm³/mol. The van der Waals surface area contributed by atoms with E-state index in [9.17, 15) is 9.59 Å². The molecular formula is C13H19NO4S. The van der Waals surface area contributed by atoms with E-state index in [0.29, 0.717) is 17.9 Å². The third-order valence-electron chi connectivity index (χ3n) is 2.70. The Hall–Kier alpha value is -1.40. The van der Waals surface area contributed by atoms with Crippen LogP contribution in [-0.4, -0.2) is 30.1 Å². The average Bonchev–Trinajstić information content (AvgIpc) is 2.82. The second-order valence-corrected chi connectivity index (χ2v) is 5.13. The number of methoxy groups -OCH3 is 1. The molecule has 2 N–H and O–H groups in total. The van der Waals surface area contributed by atoms with E-state index in [0.717, 1.165) is 18.4 Å². The van der Waals surface area contributed by atoms with Crippen LogP contribution in [0.25, 0.3) is 0 Å². The molecule has 1 atom stereocenters. The summed E-state index contributed by atoms with van der Waals surface area (Å²) in [5.74, 6) is -1.34. The lowest BCUT2D eigenvalue weighted by Gasteiger charge is -2.14. The third-order valence-corrected chi connectivity index (χ3v) is 3.66. The summed E-state index contributed by atoms with van der Waals surface area (Å²) in [5, 5.41) is 13.4. The maximum atomic E-state index is 12.1. The normalized spacial score (nSPS) is 12.1. The number of amides is 1. The molecule has 0 saturated heterocycles. The first kappa shape index (κ1) is 15.7. The van der Waals surface area contributed by atoms with Gasteiger partial charge in [-0.05, 0) is 17.9 Å². The van der Waals surface area contributed by atoms with Crippen LogP contribution >= 0.6 is 11.3 Å². The molecule has 0 aliphatic carbocycles. The van der Waals surface area contributed by atoms with Crippen molar-refractivity contribution < 1.29 is 19.4 Å². The van der Waals surface area contributed by atoms with Gasteiger partial charge in [-0.25, -0.2) is 4.79 Å². The van der Waals surface area contributed by atoms with Gasteiger partial charge in [0, 0.05) is 12.7 Å². The van der Waals surface area contributed by atoms with Crippen molar-refractivity contribution in [1.82, 2.24) is 5.32 Å². The standard InChI is InChI=1S/C13H19NO4S/c1-3-4-5-10(13(16)17)14-12(15)11-9(8-18-2)6-7-19-11/h6-7,10H,3-5,8H2,1-2H3,(H,14,15)(H,16,17)/t10-/m0/s1. The second kappa shape index (κ2) is 7.91. The minimum absolute atomic E-state index is 0.342. The van der Waals surface area contributed by atoms with Crippen LogP contribution in [0.3, 0.4) is 0 Å². The molecule has 6 heteroatoms. The monoisotopic (exact) mass is 285 g/mol. The van der Waals surface area contributed by atoms with Crippen molar-refractivity contribution in [3.63, 3.8) is 0 Å². The number of rotatable bonds is 8. The highest BCUT2D eigenvalue weighted by molar-refractivity contribution is 7.12. The first-order valence-electron chi connectivity index (χ1n) is 6.19. The van der Waals surface area contributed by atoms with Crippen LogP contribution in [0.1, 0.15) is 41.4 Å². The highest BCUT2D eigenvalue weighted by Crippen LogP contribution is 2.18. The fourth-order valence-corrected chi connectivity index (χ4v) is 2.51. The van der Waals surface area contributed by atoms with Crippen molar-refractivity contribution >= 4 is 23.2 Å². The van der Waals surface area contributed by atoms with E-state index in [-0.39, 0.29) is 5.91 Å². The smallest absolute Gasteiger partial charge is 0.326 e. The Bertz CT molecular complexity index is 430. The number of thiophene rings is 1. The van der Waals surface area contributed by atoms with E-state index in [4.69, 9.17) is 9.84 Å². The van der Waals surface area contributed by atoms with Gasteiger partial charge in [-0.1, -0.05) is 19.8 Å². The Balaban J connectivity index is 2.70. The Labute approximate surface area is 116 Å². The number of carboxylic acid groups (broad SMARTS) is 1. The average molecular weight is 285 g/mol. The van der Waals surface area contributed by atoms with E-state index < -0.39 is 12.0 Å². The molecule has 0 unspecified atom stereocenters. The Morgan fingerprint density at radius 1 is 1.53 bits per heavy atom. The number of nitrogens with one attached hydrogen (secondary N) is 1. The van der Waals surface area contributed by atoms with Crippen molar-refractivity contribution in [2.75, 3.05) is 7.11 Å². The number of hydrogen-bond donors (Lipinski definition) is 2. The zero-order chi connectivity index (χ0) is 14.3. The summed E-state index contributed by atoms with van der Waals surface area (Å²) >= 11 is 1.29. The molecule has 1 aromatic heterocycles. The first-order valence-corrected chi connectivity index (χ1v) is 7.07. The van der Waals surface area contributed by atoms with Gasteiger partial charge in [0.1, 0.15) is 6.04 Å². The van der Waals surface area contributed by atoms with Crippen LogP contribution in [0, 0.1) is 0 Å². The summed E-state index contributed by atoms with van der Waals surface area (Å²) in [5.41, 5.74) is 0.782. The predicted octanol–water partition coefficient (Wildman–Crippen LogP) is 2.27. The van der Waals surface area contributed by atoms with E-state index in [1.165, 1.54) is 11.3 Å². The van der Waals surface area contributed by atoms with Gasteiger partial charge in [0.2, 0.25) is 0 Å². The van der Waals surface area contributed by atoms with Gasteiger partial charge in [0.15, 0.2) is 0 Å². The fourth-order valence-electron chi connectivity index (χ4n) is 1.69. The maximum absolute atomic E-state index is 12.1. The largest absolute Gasteiger partial charge is 0.480 e. The van der Waals surface area contributed by atoms with Gasteiger partial charge in [-0.2, -0.15) is 0 Å². The molecule has 0 fully saturated rings. The summed E-state index contributed by atoms with van der Waals surface area (Å²) in [6.45, 7) is 2.33. The molecule has 1 aromatic rings. The van der Waals surface area contributed by atoms with Gasteiger partial charge in [-0.3, -0.25) is 4.79 Å². The molecular weight excluding hydrogens is 266 g/mol. The van der Waals surface area contributed by atoms with Crippen LogP contribution in [0.4, 0.5) is 0 Å². The van der Waals surface area contributed by atoms with Crippen molar-refractivity contribution in [3.8, 4) is 0 Å². The van der Waals surface area contributed by atoms with E-state index in [1.807, 2.05) is 13.0 Å². The zero-order valence-corrected chi connectivity index (χ0v) is 12.0. The van der Waals surface area contributed by atoms with Gasteiger partial charge in [0.05, 0.1) is 11.5 Å². The molecule has 0 aliphatic heterocycles. The number of unbranched alkanes of at least 4 members (excludes halogenated alkanes) is 1. The SMILES string of the molecule is CCCC[C@H](NC(=O)c1sccc1COC)C(=O)O. The minimum Gasteiger partial charge on any atom is -0.480 e. The number of carbonyl (C=O) groups excluding carboxylic acids is 1. The van der Waals surface area contributed by atoms with Crippen molar-refractivity contribution in [2.24, 2.45) is 0 Å². The van der Waals surface area contributed by atoms with Crippen molar-refractivity contribution in [2.45, 2.75) is 38.8 Å². The van der Waals surface area contributed by atoms with Gasteiger partial charge < -0.3 is 15.2 Å². The number of carbonyl (C=O) groups is 2. The molecule has 0 spiro atoms. The van der Waals surface area contributed by atoms with Gasteiger partial charge >= 0.3 is 5.97 Å². The number of aliphatic carboxylic acids is 1. The molecule has 0 bridgehead atoms. The molecule has 0 aromatic carbocycles. The van der Waals surface area contributed by atoms with Crippen LogP contribution in [-0.2, 0) is 16.1 Å². The summed E-state index contributed by atoms with van der Waals surface area (Å²) in [6.07, 6.45) is 2.11. The lowest BCUT2D eigenvalue weighted by Crippen LogP contribution is -2.40. The quantitative estimate of drug-likeness (QED) is 0.768. The molecule has 0 aliphatic rings. The Morgan fingerprint density at radius 3 is 2.84 bits per heavy atom.